The van der Waals surface area contributed by atoms with Crippen molar-refractivity contribution in [2.24, 2.45) is 28.2 Å². The third-order valence-corrected chi connectivity index (χ3v) is 17.1. The first kappa shape index (κ1) is 55.7. The van der Waals surface area contributed by atoms with E-state index in [-0.39, 0.29) is 98.9 Å². The van der Waals surface area contributed by atoms with Gasteiger partial charge >= 0.3 is 22.8 Å². The van der Waals surface area contributed by atoms with Crippen molar-refractivity contribution in [3.63, 3.8) is 0 Å². The maximum Gasteiger partial charge on any atom is 0.368 e. The van der Waals surface area contributed by atoms with E-state index in [9.17, 15) is 23.6 Å². The zero-order chi connectivity index (χ0) is 58.2. The van der Waals surface area contributed by atoms with Crippen LogP contribution in [0.4, 0.5) is 4.39 Å². The number of thiazole rings is 4. The smallest absolute Gasteiger partial charge is 0.368 e. The molecule has 0 atom stereocenters. The molecule has 0 saturated carbocycles. The molecule has 0 bridgehead atoms. The molecule has 12 rings (SSSR count). The molecular formula is C40H32BrClFN20O8S8Y-. The second kappa shape index (κ2) is 28.0. The van der Waals surface area contributed by atoms with Gasteiger partial charge in [0.15, 0.2) is 5.13 Å². The zero-order valence-electron chi connectivity index (χ0n) is 43.7. The van der Waals surface area contributed by atoms with Crippen LogP contribution in [0, 0.1) is 11.3 Å². The molecule has 0 saturated heterocycles. The zero-order valence-corrected chi connectivity index (χ0v) is 52.4. The Bertz CT molecular complexity index is 4010. The van der Waals surface area contributed by atoms with Gasteiger partial charge in [0, 0.05) is 134 Å². The topological polar surface area (TPSA) is 299 Å². The average molecular weight is 1410 g/mol. The van der Waals surface area contributed by atoms with Gasteiger partial charge in [0.25, 0.3) is 15.6 Å². The fourth-order valence-corrected chi connectivity index (χ4v) is 11.7. The molecule has 0 spiro atoms. The molecule has 0 aliphatic rings. The molecule has 80 heavy (non-hydrogen) atoms. The summed E-state index contributed by atoms with van der Waals surface area (Å²) in [6.07, 6.45) is 3.09. The number of tetrazole rings is 4. The van der Waals surface area contributed by atoms with Crippen LogP contribution in [0.5, 0.6) is 20.8 Å². The maximum atomic E-state index is 13.9. The van der Waals surface area contributed by atoms with Gasteiger partial charge in [-0.3, -0.25) is 0 Å². The number of hydrogen-bond donors (Lipinski definition) is 0. The number of halogens is 3. The number of ether oxygens (including phenoxy) is 4. The Hall–Kier alpha value is -6.20. The summed E-state index contributed by atoms with van der Waals surface area (Å²) < 4.78 is 68.3. The Morgan fingerprint density at radius 1 is 0.537 bits per heavy atom. The molecule has 1 radical (unpaired) electrons. The van der Waals surface area contributed by atoms with E-state index in [4.69, 9.17) is 34.7 Å². The van der Waals surface area contributed by atoms with Crippen molar-refractivity contribution in [3.8, 4) is 43.5 Å². The third kappa shape index (κ3) is 14.3. The van der Waals surface area contributed by atoms with Crippen LogP contribution in [0.15, 0.2) is 89.9 Å². The number of hydrogen-bond acceptors (Lipinski definition) is 28. The summed E-state index contributed by atoms with van der Waals surface area (Å²) in [5, 5.41) is 46.0. The van der Waals surface area contributed by atoms with Crippen molar-refractivity contribution in [3.05, 3.63) is 151 Å². The first-order valence-electron chi connectivity index (χ1n) is 22.8. The van der Waals surface area contributed by atoms with Crippen molar-refractivity contribution in [1.82, 2.24) is 99.1 Å². The van der Waals surface area contributed by atoms with Gasteiger partial charge in [-0.25, -0.2) is 45.5 Å². The molecule has 0 N–H and O–H groups in total. The molecule has 40 heteroatoms. The SMILES string of the molecule is Cn1nnn(-c2cscc2COc2n[c-]cs2)c1=O.[3H]c1csc(OCc2c(-n3nnn(C)c3=O)csc2Br)n1.[3H]c1csc(OCc2c(-n3nnn(C)c3=O)csc2Cl)n1.[3H]c1csc(OCc2c(-n3nnn(C)c3=O)csc2F)n1.[Y]. The van der Waals surface area contributed by atoms with Crippen LogP contribution in [-0.4, -0.2) is 99.1 Å². The standard InChI is InChI=1S/C10H8BrN5O2S2.C10H8ClN5O2S2.C10H8FN5O2S2.C10H8N5O2S2.Y/c3*1-15-10(17)16(14-13-15)7-5-20-8(11)6(7)4-18-9-12-2-3-19-9;1-14-10(16)15(13-12-14)8-6-18-5-7(8)4-17-9-11-2-3-19-9;/h3*2-3,5H,4H2,1H3;3,5-6H,4H2,1H3;/q;;;-1;/i3*2T;;. The van der Waals surface area contributed by atoms with Gasteiger partial charge in [0.05, 0.1) is 42.8 Å². The minimum Gasteiger partial charge on any atom is -0.550 e. The molecule has 28 nitrogen and oxygen atoms in total. The molecule has 0 aromatic carbocycles. The fraction of sp³-hybridized carbons (Fsp3) is 0.200. The minimum atomic E-state index is -0.475. The van der Waals surface area contributed by atoms with E-state index in [0.717, 1.165) is 56.3 Å². The predicted molar refractivity (Wildman–Crippen MR) is 295 cm³/mol. The number of rotatable bonds is 16. The summed E-state index contributed by atoms with van der Waals surface area (Å²) in [6, 6.07) is 0. The summed E-state index contributed by atoms with van der Waals surface area (Å²) in [5.41, 5.74) is 3.14. The minimum absolute atomic E-state index is 0. The summed E-state index contributed by atoms with van der Waals surface area (Å²) in [4.78, 5) is 63.0. The van der Waals surface area contributed by atoms with Gasteiger partial charge in [-0.05, 0) is 63.0 Å². The Morgan fingerprint density at radius 3 is 1.41 bits per heavy atom. The molecule has 12 aromatic rings. The molecule has 0 amide bonds. The van der Waals surface area contributed by atoms with Gasteiger partial charge in [0.1, 0.15) is 29.4 Å². The van der Waals surface area contributed by atoms with Crippen LogP contribution in [0.25, 0.3) is 22.7 Å². The Labute approximate surface area is 521 Å². The molecule has 12 heterocycles. The molecule has 0 fully saturated rings. The first-order valence-corrected chi connectivity index (χ1v) is 29.6. The van der Waals surface area contributed by atoms with Crippen molar-refractivity contribution >= 4 is 118 Å². The average Bonchev–Trinajstić information content (AvgIpc) is 4.33. The van der Waals surface area contributed by atoms with Gasteiger partial charge in [-0.2, -0.15) is 41.8 Å². The molecule has 0 unspecified atom stereocenters. The van der Waals surface area contributed by atoms with Crippen LogP contribution in [0.3, 0.4) is 0 Å². The Balaban J connectivity index is 0.000000144. The van der Waals surface area contributed by atoms with Gasteiger partial charge in [-0.15, -0.1) is 51.5 Å². The molecular weight excluding hydrogens is 1370 g/mol. The fourth-order valence-electron chi connectivity index (χ4n) is 5.98. The number of aryl methyl sites for hydroxylation is 4. The van der Waals surface area contributed by atoms with E-state index >= 15 is 0 Å². The van der Waals surface area contributed by atoms with Crippen LogP contribution in [-0.2, 0) is 87.3 Å². The molecule has 0 aliphatic heterocycles. The Morgan fingerprint density at radius 2 is 0.963 bits per heavy atom. The van der Waals surface area contributed by atoms with Gasteiger partial charge in [0.2, 0.25) is 0 Å². The van der Waals surface area contributed by atoms with Gasteiger partial charge in [-0.1, -0.05) is 51.0 Å². The van der Waals surface area contributed by atoms with Crippen molar-refractivity contribution in [2.45, 2.75) is 26.4 Å². The normalized spacial score (nSPS) is 11.3. The summed E-state index contributed by atoms with van der Waals surface area (Å²) >= 11 is 19.6. The van der Waals surface area contributed by atoms with E-state index in [0.29, 0.717) is 54.8 Å². The number of nitrogens with zero attached hydrogens (tertiary/aromatic N) is 20. The predicted octanol–water partition coefficient (Wildman–Crippen LogP) is 5.60. The molecule has 12 aromatic heterocycles. The number of aromatic nitrogens is 20. The summed E-state index contributed by atoms with van der Waals surface area (Å²) in [7, 11) is 6.06. The molecule has 0 aliphatic carbocycles. The van der Waals surface area contributed by atoms with Crippen molar-refractivity contribution < 1.29 is 60.2 Å². The van der Waals surface area contributed by atoms with E-state index < -0.39 is 10.8 Å². The van der Waals surface area contributed by atoms with Crippen LogP contribution < -0.4 is 41.7 Å². The quantitative estimate of drug-likeness (QED) is 0.106. The second-order valence-electron chi connectivity index (χ2n) is 14.7. The van der Waals surface area contributed by atoms with Crippen LogP contribution >= 0.6 is 118 Å². The summed E-state index contributed by atoms with van der Waals surface area (Å²) in [6.45, 7) is 0.562. The van der Waals surface area contributed by atoms with Crippen LogP contribution in [0.1, 0.15) is 26.4 Å². The van der Waals surface area contributed by atoms with E-state index in [1.165, 1.54) is 119 Å². The third-order valence-electron chi connectivity index (χ3n) is 9.82. The van der Waals surface area contributed by atoms with E-state index in [1.807, 2.05) is 10.8 Å². The second-order valence-corrected chi connectivity index (χ2v) is 23.2. The van der Waals surface area contributed by atoms with Crippen molar-refractivity contribution in [1.29, 1.82) is 0 Å². The largest absolute Gasteiger partial charge is 0.550 e. The Kier molecular flexibility index (Phi) is 19.5. The maximum absolute atomic E-state index is 13.9. The first-order chi connectivity index (χ1) is 39.4. The van der Waals surface area contributed by atoms with E-state index in [2.05, 4.69) is 83.8 Å². The number of thiophene rings is 4. The molecule has 413 valence electrons. The summed E-state index contributed by atoms with van der Waals surface area (Å²) in [5.74, 6) is 0. The van der Waals surface area contributed by atoms with E-state index in [1.54, 1.807) is 33.9 Å². The monoisotopic (exact) mass is 1400 g/mol. The van der Waals surface area contributed by atoms with Crippen LogP contribution in [0.2, 0.25) is 4.34 Å². The van der Waals surface area contributed by atoms with Crippen molar-refractivity contribution in [2.75, 3.05) is 0 Å². The van der Waals surface area contributed by atoms with Gasteiger partial charge < -0.3 is 23.9 Å².